The van der Waals surface area contributed by atoms with E-state index in [4.69, 9.17) is 4.74 Å². The molecule has 0 aromatic heterocycles. The van der Waals surface area contributed by atoms with Crippen LogP contribution in [0.2, 0.25) is 0 Å². The Hall–Kier alpha value is -2.75. The SMILES string of the molecule is COc1c(O)ccc(C(=O)N[C@@H](CSc2ccccc2)[C@H](O)CN2C[C@H]3CCCC[C@H]3CC2C(=O)NC(C)(C)C)c1C. The number of amides is 2. The van der Waals surface area contributed by atoms with E-state index in [1.165, 1.54) is 26.0 Å². The van der Waals surface area contributed by atoms with Crippen molar-refractivity contribution in [2.75, 3.05) is 26.0 Å². The van der Waals surface area contributed by atoms with E-state index >= 15 is 0 Å². The van der Waals surface area contributed by atoms with Crippen molar-refractivity contribution in [2.24, 2.45) is 11.8 Å². The normalized spacial score (nSPS) is 22.5. The maximum atomic E-state index is 13.5. The number of benzene rings is 2. The van der Waals surface area contributed by atoms with E-state index in [0.29, 0.717) is 28.7 Å². The lowest BCUT2D eigenvalue weighted by Gasteiger charge is -2.47. The van der Waals surface area contributed by atoms with E-state index in [1.807, 2.05) is 51.1 Å². The molecule has 0 radical (unpaired) electrons. The quantitative estimate of drug-likeness (QED) is 0.293. The highest BCUT2D eigenvalue weighted by Crippen LogP contribution is 2.39. The largest absolute Gasteiger partial charge is 0.504 e. The van der Waals surface area contributed by atoms with Crippen LogP contribution in [-0.2, 0) is 4.79 Å². The van der Waals surface area contributed by atoms with E-state index < -0.39 is 12.1 Å². The first kappa shape index (κ1) is 32.2. The van der Waals surface area contributed by atoms with Gasteiger partial charge in [0.05, 0.1) is 25.3 Å². The Morgan fingerprint density at radius 3 is 2.45 bits per heavy atom. The number of aliphatic hydroxyl groups excluding tert-OH is 1. The Morgan fingerprint density at radius 1 is 1.10 bits per heavy atom. The van der Waals surface area contributed by atoms with Gasteiger partial charge in [-0.25, -0.2) is 0 Å². The summed E-state index contributed by atoms with van der Waals surface area (Å²) in [5.74, 6) is 1.36. The number of hydrogen-bond acceptors (Lipinski definition) is 7. The van der Waals surface area contributed by atoms with Crippen LogP contribution < -0.4 is 15.4 Å². The molecule has 2 fully saturated rings. The van der Waals surface area contributed by atoms with Crippen LogP contribution in [0, 0.1) is 18.8 Å². The second kappa shape index (κ2) is 14.1. The molecule has 2 aliphatic rings. The van der Waals surface area contributed by atoms with Crippen molar-refractivity contribution in [3.8, 4) is 11.5 Å². The van der Waals surface area contributed by atoms with Crippen molar-refractivity contribution in [3.05, 3.63) is 53.6 Å². The fraction of sp³-hybridized carbons (Fsp3) is 0.576. The van der Waals surface area contributed by atoms with Gasteiger partial charge in [0.15, 0.2) is 11.5 Å². The van der Waals surface area contributed by atoms with Gasteiger partial charge in [0.1, 0.15) is 0 Å². The number of aliphatic hydroxyl groups is 1. The van der Waals surface area contributed by atoms with Gasteiger partial charge in [-0.05, 0) is 76.6 Å². The van der Waals surface area contributed by atoms with Gasteiger partial charge in [-0.3, -0.25) is 14.5 Å². The fourth-order valence-corrected chi connectivity index (χ4v) is 7.40. The number of rotatable bonds is 10. The number of ether oxygens (including phenoxy) is 1. The topological polar surface area (TPSA) is 111 Å². The molecular formula is C33H47N3O5S. The number of phenols is 1. The van der Waals surface area contributed by atoms with Crippen LogP contribution in [0.1, 0.15) is 68.8 Å². The Morgan fingerprint density at radius 2 is 1.79 bits per heavy atom. The highest BCUT2D eigenvalue weighted by molar-refractivity contribution is 7.99. The van der Waals surface area contributed by atoms with Crippen molar-refractivity contribution in [2.45, 2.75) is 88.4 Å². The number of piperidine rings is 1. The van der Waals surface area contributed by atoms with E-state index in [-0.39, 0.29) is 41.4 Å². The standard InChI is InChI=1S/C33H47N3O5S/c1-21-25(15-16-28(37)30(21)41-5)31(39)34-26(20-42-24-13-7-6-8-14-24)29(38)19-36-18-23-12-10-9-11-22(23)17-27(36)32(40)35-33(2,3)4/h6-8,13-16,22-23,26-27,29,37-38H,9-12,17-20H2,1-5H3,(H,34,39)(H,35,40)/t22-,23+,26-,27?,29+/m0/s1. The minimum atomic E-state index is -0.908. The van der Waals surface area contributed by atoms with Crippen LogP contribution in [-0.4, -0.2) is 76.6 Å². The summed E-state index contributed by atoms with van der Waals surface area (Å²) >= 11 is 1.57. The molecule has 1 aliphatic heterocycles. The molecule has 0 bridgehead atoms. The number of fused-ring (bicyclic) bond motifs is 1. The average molecular weight is 598 g/mol. The van der Waals surface area contributed by atoms with Gasteiger partial charge in [-0.1, -0.05) is 37.5 Å². The van der Waals surface area contributed by atoms with Crippen LogP contribution >= 0.6 is 11.8 Å². The lowest BCUT2D eigenvalue weighted by atomic mass is 9.72. The number of likely N-dealkylation sites (tertiary alicyclic amines) is 1. The first-order valence-electron chi connectivity index (χ1n) is 15.1. The Bertz CT molecular complexity index is 1220. The van der Waals surface area contributed by atoms with Crippen molar-refractivity contribution in [1.29, 1.82) is 0 Å². The number of phenolic OH excluding ortho intramolecular Hbond substituents is 1. The zero-order chi connectivity index (χ0) is 30.4. The maximum absolute atomic E-state index is 13.5. The number of aromatic hydroxyl groups is 1. The molecule has 1 aliphatic carbocycles. The first-order chi connectivity index (χ1) is 20.0. The number of thioether (sulfide) groups is 1. The lowest BCUT2D eigenvalue weighted by Crippen LogP contribution is -2.60. The molecule has 2 aromatic carbocycles. The molecule has 1 saturated carbocycles. The number of carbonyl (C=O) groups excluding carboxylic acids is 2. The van der Waals surface area contributed by atoms with Crippen LogP contribution in [0.15, 0.2) is 47.4 Å². The van der Waals surface area contributed by atoms with E-state index in [1.54, 1.807) is 24.8 Å². The maximum Gasteiger partial charge on any atom is 0.252 e. The third-order valence-electron chi connectivity index (χ3n) is 8.51. The summed E-state index contributed by atoms with van der Waals surface area (Å²) in [7, 11) is 1.45. The van der Waals surface area contributed by atoms with E-state index in [2.05, 4.69) is 15.5 Å². The minimum absolute atomic E-state index is 0.00443. The summed E-state index contributed by atoms with van der Waals surface area (Å²) in [6, 6.07) is 12.0. The van der Waals surface area contributed by atoms with Gasteiger partial charge >= 0.3 is 0 Å². The predicted molar refractivity (Wildman–Crippen MR) is 167 cm³/mol. The van der Waals surface area contributed by atoms with Gasteiger partial charge in [-0.2, -0.15) is 0 Å². The Kier molecular flexibility index (Phi) is 10.8. The fourth-order valence-electron chi connectivity index (χ4n) is 6.37. The molecule has 1 unspecified atom stereocenters. The van der Waals surface area contributed by atoms with Gasteiger partial charge < -0.3 is 25.6 Å². The summed E-state index contributed by atoms with van der Waals surface area (Å²) in [5, 5.41) is 28.1. The number of β-amino-alcohol motifs (C(OH)–C–C–N with tert-alkyl or cyclic N) is 1. The number of methoxy groups -OCH3 is 1. The van der Waals surface area contributed by atoms with Gasteiger partial charge in [0.25, 0.3) is 5.91 Å². The highest BCUT2D eigenvalue weighted by Gasteiger charge is 2.41. The predicted octanol–water partition coefficient (Wildman–Crippen LogP) is 4.76. The zero-order valence-corrected chi connectivity index (χ0v) is 26.4. The molecule has 230 valence electrons. The van der Waals surface area contributed by atoms with Crippen LogP contribution in [0.5, 0.6) is 11.5 Å². The van der Waals surface area contributed by atoms with Crippen molar-refractivity contribution >= 4 is 23.6 Å². The molecule has 8 nitrogen and oxygen atoms in total. The van der Waals surface area contributed by atoms with Crippen molar-refractivity contribution in [1.82, 2.24) is 15.5 Å². The van der Waals surface area contributed by atoms with Crippen molar-refractivity contribution < 1.29 is 24.5 Å². The van der Waals surface area contributed by atoms with Gasteiger partial charge in [0.2, 0.25) is 5.91 Å². The minimum Gasteiger partial charge on any atom is -0.504 e. The average Bonchev–Trinajstić information content (AvgIpc) is 2.94. The van der Waals surface area contributed by atoms with Gasteiger partial charge in [0, 0.05) is 40.4 Å². The highest BCUT2D eigenvalue weighted by atomic mass is 32.2. The van der Waals surface area contributed by atoms with Crippen LogP contribution in [0.25, 0.3) is 0 Å². The number of carbonyl (C=O) groups is 2. The molecule has 9 heteroatoms. The van der Waals surface area contributed by atoms with Gasteiger partial charge in [-0.15, -0.1) is 11.8 Å². The summed E-state index contributed by atoms with van der Waals surface area (Å²) in [5.41, 5.74) is 0.547. The van der Waals surface area contributed by atoms with Crippen LogP contribution in [0.4, 0.5) is 0 Å². The molecule has 0 spiro atoms. The van der Waals surface area contributed by atoms with E-state index in [0.717, 1.165) is 30.7 Å². The summed E-state index contributed by atoms with van der Waals surface area (Å²) in [4.78, 5) is 30.2. The van der Waals surface area contributed by atoms with Crippen molar-refractivity contribution in [3.63, 3.8) is 0 Å². The second-order valence-corrected chi connectivity index (χ2v) is 13.9. The number of nitrogens with zero attached hydrogens (tertiary/aromatic N) is 1. The summed E-state index contributed by atoms with van der Waals surface area (Å²) < 4.78 is 5.31. The third kappa shape index (κ3) is 8.20. The number of hydrogen-bond donors (Lipinski definition) is 4. The van der Waals surface area contributed by atoms with Crippen LogP contribution in [0.3, 0.4) is 0 Å². The third-order valence-corrected chi connectivity index (χ3v) is 9.64. The molecule has 2 aromatic rings. The molecule has 2 amide bonds. The monoisotopic (exact) mass is 597 g/mol. The first-order valence-corrected chi connectivity index (χ1v) is 16.0. The smallest absolute Gasteiger partial charge is 0.252 e. The summed E-state index contributed by atoms with van der Waals surface area (Å²) in [6.45, 7) is 8.74. The molecule has 42 heavy (non-hydrogen) atoms. The Labute approximate surface area is 254 Å². The van der Waals surface area contributed by atoms with E-state index in [9.17, 15) is 19.8 Å². The molecule has 1 saturated heterocycles. The molecule has 1 heterocycles. The summed E-state index contributed by atoms with van der Waals surface area (Å²) in [6.07, 6.45) is 4.61. The molecular weight excluding hydrogens is 550 g/mol. The number of nitrogens with one attached hydrogen (secondary N) is 2. The second-order valence-electron chi connectivity index (χ2n) is 12.8. The lowest BCUT2D eigenvalue weighted by molar-refractivity contribution is -0.132. The Balaban J connectivity index is 1.56. The zero-order valence-electron chi connectivity index (χ0n) is 25.6. The molecule has 4 N–H and O–H groups in total. The molecule has 5 atom stereocenters. The molecule has 4 rings (SSSR count).